The Hall–Kier alpha value is -0.940. The molecule has 0 saturated carbocycles. The second-order valence-electron chi connectivity index (χ2n) is 3.63. The molecule has 2 heterocycles. The number of pyridine rings is 1. The Balaban J connectivity index is 2.00. The number of carbonyl (C=O) groups excluding carboxylic acids is 1. The van der Waals surface area contributed by atoms with Crippen LogP contribution in [0.15, 0.2) is 22.8 Å². The monoisotopic (exact) mass is 269 g/mol. The third-order valence-electron chi connectivity index (χ3n) is 2.60. The van der Waals surface area contributed by atoms with Crippen molar-refractivity contribution < 1.29 is 4.79 Å². The van der Waals surface area contributed by atoms with Crippen LogP contribution in [-0.2, 0) is 11.3 Å². The summed E-state index contributed by atoms with van der Waals surface area (Å²) in [6.45, 7) is 1.61. The van der Waals surface area contributed by atoms with Crippen LogP contribution in [-0.4, -0.2) is 28.4 Å². The number of nitrogens with zero attached hydrogens (tertiary/aromatic N) is 2. The van der Waals surface area contributed by atoms with Gasteiger partial charge < -0.3 is 5.73 Å². The first-order valence-electron chi connectivity index (χ1n) is 4.81. The van der Waals surface area contributed by atoms with Crippen LogP contribution in [0.25, 0.3) is 0 Å². The molecule has 0 spiro atoms. The van der Waals surface area contributed by atoms with Gasteiger partial charge in [-0.3, -0.25) is 9.69 Å². The van der Waals surface area contributed by atoms with Crippen molar-refractivity contribution in [2.75, 3.05) is 6.54 Å². The summed E-state index contributed by atoms with van der Waals surface area (Å²) in [6, 6.07) is 5.66. The van der Waals surface area contributed by atoms with Gasteiger partial charge in [-0.1, -0.05) is 6.07 Å². The minimum Gasteiger partial charge on any atom is -0.368 e. The lowest BCUT2D eigenvalue weighted by atomic mass is 10.0. The van der Waals surface area contributed by atoms with Crippen molar-refractivity contribution in [2.24, 2.45) is 5.73 Å². The predicted molar refractivity (Wildman–Crippen MR) is 59.9 cm³/mol. The Morgan fingerprint density at radius 2 is 2.47 bits per heavy atom. The molecule has 2 N–H and O–H groups in total. The summed E-state index contributed by atoms with van der Waals surface area (Å²) in [7, 11) is 0. The van der Waals surface area contributed by atoms with Crippen molar-refractivity contribution in [1.82, 2.24) is 9.88 Å². The zero-order chi connectivity index (χ0) is 10.8. The van der Waals surface area contributed by atoms with Crippen molar-refractivity contribution in [3.8, 4) is 0 Å². The van der Waals surface area contributed by atoms with E-state index in [-0.39, 0.29) is 11.9 Å². The van der Waals surface area contributed by atoms with Gasteiger partial charge in [0.15, 0.2) is 0 Å². The zero-order valence-corrected chi connectivity index (χ0v) is 9.77. The summed E-state index contributed by atoms with van der Waals surface area (Å²) in [6.07, 6.45) is 0.864. The van der Waals surface area contributed by atoms with Gasteiger partial charge in [-0.05, 0) is 34.5 Å². The fraction of sp³-hybridized carbons (Fsp3) is 0.400. The fourth-order valence-electron chi connectivity index (χ4n) is 1.70. The fourth-order valence-corrected chi connectivity index (χ4v) is 2.08. The second-order valence-corrected chi connectivity index (χ2v) is 4.44. The SMILES string of the molecule is NC(=O)C1CCN1Cc1cccc(Br)n1. The molecule has 1 unspecified atom stereocenters. The summed E-state index contributed by atoms with van der Waals surface area (Å²) < 4.78 is 0.816. The highest BCUT2D eigenvalue weighted by Gasteiger charge is 2.32. The number of amides is 1. The van der Waals surface area contributed by atoms with E-state index in [9.17, 15) is 4.79 Å². The first-order chi connectivity index (χ1) is 7.16. The minimum absolute atomic E-state index is 0.106. The molecule has 1 amide bonds. The quantitative estimate of drug-likeness (QED) is 0.830. The highest BCUT2D eigenvalue weighted by molar-refractivity contribution is 9.10. The zero-order valence-electron chi connectivity index (χ0n) is 8.19. The van der Waals surface area contributed by atoms with Gasteiger partial charge in [-0.25, -0.2) is 4.98 Å². The molecule has 0 aliphatic carbocycles. The topological polar surface area (TPSA) is 59.2 Å². The van der Waals surface area contributed by atoms with Crippen LogP contribution in [0.5, 0.6) is 0 Å². The van der Waals surface area contributed by atoms with E-state index < -0.39 is 0 Å². The summed E-state index contributed by atoms with van der Waals surface area (Å²) in [5.74, 6) is -0.240. The van der Waals surface area contributed by atoms with Crippen molar-refractivity contribution >= 4 is 21.8 Å². The molecule has 1 aromatic rings. The van der Waals surface area contributed by atoms with Gasteiger partial charge >= 0.3 is 0 Å². The maximum absolute atomic E-state index is 11.0. The van der Waals surface area contributed by atoms with E-state index in [1.807, 2.05) is 23.1 Å². The van der Waals surface area contributed by atoms with Gasteiger partial charge in [-0.2, -0.15) is 0 Å². The summed E-state index contributed by atoms with van der Waals surface area (Å²) in [5, 5.41) is 0. The molecular formula is C10H12BrN3O. The van der Waals surface area contributed by atoms with Crippen molar-refractivity contribution in [3.63, 3.8) is 0 Å². The molecule has 1 fully saturated rings. The number of aromatic nitrogens is 1. The third kappa shape index (κ3) is 2.35. The molecule has 1 aromatic heterocycles. The largest absolute Gasteiger partial charge is 0.368 e. The molecule has 5 heteroatoms. The van der Waals surface area contributed by atoms with Crippen LogP contribution < -0.4 is 5.73 Å². The van der Waals surface area contributed by atoms with Crippen molar-refractivity contribution in [2.45, 2.75) is 19.0 Å². The third-order valence-corrected chi connectivity index (χ3v) is 3.04. The lowest BCUT2D eigenvalue weighted by molar-refractivity contribution is -0.127. The minimum atomic E-state index is -0.240. The standard InChI is InChI=1S/C10H12BrN3O/c11-9-3-1-2-7(13-9)6-14-5-4-8(14)10(12)15/h1-3,8H,4-6H2,(H2,12,15). The maximum Gasteiger partial charge on any atom is 0.234 e. The van der Waals surface area contributed by atoms with Crippen LogP contribution in [0.3, 0.4) is 0 Å². The average Bonchev–Trinajstić information content (AvgIpc) is 2.11. The molecule has 0 radical (unpaired) electrons. The Kier molecular flexibility index (Phi) is 3.02. The lowest BCUT2D eigenvalue weighted by Gasteiger charge is -2.38. The normalized spacial score (nSPS) is 21.0. The summed E-state index contributed by atoms with van der Waals surface area (Å²) in [4.78, 5) is 17.4. The Morgan fingerprint density at radius 1 is 1.67 bits per heavy atom. The van der Waals surface area contributed by atoms with Crippen LogP contribution in [0.2, 0.25) is 0 Å². The predicted octanol–water partition coefficient (Wildman–Crippen LogP) is 0.904. The van der Waals surface area contributed by atoms with Gasteiger partial charge in [0.05, 0.1) is 11.7 Å². The van der Waals surface area contributed by atoms with Gasteiger partial charge in [0, 0.05) is 13.1 Å². The van der Waals surface area contributed by atoms with E-state index in [0.717, 1.165) is 23.3 Å². The van der Waals surface area contributed by atoms with Crippen molar-refractivity contribution in [1.29, 1.82) is 0 Å². The molecule has 0 bridgehead atoms. The number of likely N-dealkylation sites (tertiary alicyclic amines) is 1. The van der Waals surface area contributed by atoms with E-state index in [1.54, 1.807) is 0 Å². The van der Waals surface area contributed by atoms with E-state index in [2.05, 4.69) is 20.9 Å². The van der Waals surface area contributed by atoms with Gasteiger partial charge in [0.25, 0.3) is 0 Å². The molecular weight excluding hydrogens is 258 g/mol. The number of hydrogen-bond donors (Lipinski definition) is 1. The number of primary amides is 1. The van der Waals surface area contributed by atoms with E-state index in [0.29, 0.717) is 6.54 Å². The van der Waals surface area contributed by atoms with Gasteiger partial charge in [0.2, 0.25) is 5.91 Å². The average molecular weight is 270 g/mol. The lowest BCUT2D eigenvalue weighted by Crippen LogP contribution is -2.54. The molecule has 1 aliphatic rings. The number of halogens is 1. The first kappa shape index (κ1) is 10.6. The van der Waals surface area contributed by atoms with Crippen LogP contribution in [0, 0.1) is 0 Å². The molecule has 15 heavy (non-hydrogen) atoms. The molecule has 1 atom stereocenters. The molecule has 1 saturated heterocycles. The highest BCUT2D eigenvalue weighted by atomic mass is 79.9. The highest BCUT2D eigenvalue weighted by Crippen LogP contribution is 2.19. The smallest absolute Gasteiger partial charge is 0.234 e. The summed E-state index contributed by atoms with van der Waals surface area (Å²) >= 11 is 3.31. The molecule has 2 rings (SSSR count). The van der Waals surface area contributed by atoms with Crippen LogP contribution in [0.1, 0.15) is 12.1 Å². The van der Waals surface area contributed by atoms with Gasteiger partial charge in [0.1, 0.15) is 4.60 Å². The van der Waals surface area contributed by atoms with Crippen molar-refractivity contribution in [3.05, 3.63) is 28.5 Å². The second kappa shape index (κ2) is 4.28. The van der Waals surface area contributed by atoms with E-state index >= 15 is 0 Å². The number of carbonyl (C=O) groups is 1. The van der Waals surface area contributed by atoms with Crippen LogP contribution in [0.4, 0.5) is 0 Å². The Labute approximate surface area is 96.6 Å². The maximum atomic E-state index is 11.0. The molecule has 80 valence electrons. The Morgan fingerprint density at radius 3 is 3.00 bits per heavy atom. The molecule has 4 nitrogen and oxygen atoms in total. The Bertz CT molecular complexity index is 383. The molecule has 0 aromatic carbocycles. The first-order valence-corrected chi connectivity index (χ1v) is 5.61. The summed E-state index contributed by atoms with van der Waals surface area (Å²) in [5.41, 5.74) is 6.22. The number of rotatable bonds is 3. The van der Waals surface area contributed by atoms with Gasteiger partial charge in [-0.15, -0.1) is 0 Å². The number of hydrogen-bond acceptors (Lipinski definition) is 3. The van der Waals surface area contributed by atoms with Crippen LogP contribution >= 0.6 is 15.9 Å². The molecule has 1 aliphatic heterocycles. The van der Waals surface area contributed by atoms with E-state index in [1.165, 1.54) is 0 Å². The number of nitrogens with two attached hydrogens (primary N) is 1. The van der Waals surface area contributed by atoms with E-state index in [4.69, 9.17) is 5.73 Å².